The van der Waals surface area contributed by atoms with Crippen LogP contribution < -0.4 is 0 Å². The minimum atomic E-state index is 0.792. The lowest BCUT2D eigenvalue weighted by Gasteiger charge is -1.98. The van der Waals surface area contributed by atoms with Gasteiger partial charge in [0, 0.05) is 0 Å². The predicted molar refractivity (Wildman–Crippen MR) is 52.9 cm³/mol. The second-order valence-electron chi connectivity index (χ2n) is 2.32. The molecule has 0 saturated carbocycles. The largest absolute Gasteiger partial charge is 0.299 e. The lowest BCUT2D eigenvalue weighted by Crippen LogP contribution is -1.80. The van der Waals surface area contributed by atoms with Crippen molar-refractivity contribution in [1.29, 1.82) is 0 Å². The van der Waals surface area contributed by atoms with Gasteiger partial charge in [0.15, 0.2) is 0 Å². The van der Waals surface area contributed by atoms with Crippen molar-refractivity contribution in [2.45, 2.75) is 13.8 Å². The molecule has 0 radical (unpaired) electrons. The van der Waals surface area contributed by atoms with E-state index in [0.717, 1.165) is 17.4 Å². The van der Waals surface area contributed by atoms with E-state index >= 15 is 0 Å². The first-order valence-corrected chi connectivity index (χ1v) is 3.84. The quantitative estimate of drug-likeness (QED) is 0.353. The van der Waals surface area contributed by atoms with Crippen molar-refractivity contribution in [1.82, 2.24) is 0 Å². The van der Waals surface area contributed by atoms with E-state index in [1.165, 1.54) is 0 Å². The Morgan fingerprint density at radius 2 is 2.08 bits per heavy atom. The molecule has 0 fully saturated rings. The molecule has 0 heterocycles. The second-order valence-corrected chi connectivity index (χ2v) is 2.32. The molecule has 12 heavy (non-hydrogen) atoms. The molecule has 0 saturated heterocycles. The van der Waals surface area contributed by atoms with E-state index in [0.29, 0.717) is 0 Å². The molecule has 0 atom stereocenters. The van der Waals surface area contributed by atoms with Crippen molar-refractivity contribution in [2.75, 3.05) is 0 Å². The zero-order chi connectivity index (χ0) is 9.40. The van der Waals surface area contributed by atoms with Crippen molar-refractivity contribution < 1.29 is 4.79 Å². The van der Waals surface area contributed by atoms with E-state index in [1.807, 2.05) is 32.1 Å². The van der Waals surface area contributed by atoms with Crippen LogP contribution in [0.3, 0.4) is 0 Å². The van der Waals surface area contributed by atoms with Crippen molar-refractivity contribution in [3.8, 4) is 0 Å². The summed E-state index contributed by atoms with van der Waals surface area (Å²) in [5, 5.41) is 0. The highest BCUT2D eigenvalue weighted by Crippen LogP contribution is 2.09. The van der Waals surface area contributed by atoms with Crippen LogP contribution in [0.1, 0.15) is 13.8 Å². The summed E-state index contributed by atoms with van der Waals surface area (Å²) in [6.07, 6.45) is 9.76. The third kappa shape index (κ3) is 3.71. The third-order valence-corrected chi connectivity index (χ3v) is 1.50. The lowest BCUT2D eigenvalue weighted by atomic mass is 10.1. The van der Waals surface area contributed by atoms with E-state index in [-0.39, 0.29) is 0 Å². The molecule has 0 unspecified atom stereocenters. The topological polar surface area (TPSA) is 17.1 Å². The Morgan fingerprint density at radius 3 is 2.50 bits per heavy atom. The van der Waals surface area contributed by atoms with Crippen LogP contribution in [0, 0.1) is 0 Å². The third-order valence-electron chi connectivity index (χ3n) is 1.50. The number of hydrogen-bond acceptors (Lipinski definition) is 1. The molecule has 1 nitrogen and oxygen atoms in total. The standard InChI is InChI=1S/C11H14O/c1-4-6-7-11(5-2)10(3)8-9-12/h4-9H,1H2,2-3H3/b7-6-,10-8-,11-5?. The first kappa shape index (κ1) is 10.6. The molecule has 0 aromatic carbocycles. The number of allylic oxidation sites excluding steroid dienone is 7. The summed E-state index contributed by atoms with van der Waals surface area (Å²) in [6.45, 7) is 7.40. The summed E-state index contributed by atoms with van der Waals surface area (Å²) in [6, 6.07) is 0. The van der Waals surface area contributed by atoms with E-state index in [4.69, 9.17) is 0 Å². The molecule has 0 amide bonds. The van der Waals surface area contributed by atoms with Crippen LogP contribution in [0.25, 0.3) is 0 Å². The Labute approximate surface area is 73.8 Å². The fraction of sp³-hybridized carbons (Fsp3) is 0.182. The summed E-state index contributed by atoms with van der Waals surface area (Å²) < 4.78 is 0. The second kappa shape index (κ2) is 6.35. The maximum absolute atomic E-state index is 10.2. The Balaban J connectivity index is 4.57. The van der Waals surface area contributed by atoms with Crippen molar-refractivity contribution in [3.63, 3.8) is 0 Å². The summed E-state index contributed by atoms with van der Waals surface area (Å²) in [7, 11) is 0. The van der Waals surface area contributed by atoms with Crippen LogP contribution in [0.15, 0.2) is 48.1 Å². The molecule has 64 valence electrons. The Morgan fingerprint density at radius 1 is 1.42 bits per heavy atom. The molecule has 0 aliphatic heterocycles. The van der Waals surface area contributed by atoms with Gasteiger partial charge in [-0.3, -0.25) is 4.79 Å². The monoisotopic (exact) mass is 162 g/mol. The maximum atomic E-state index is 10.2. The molecule has 0 rings (SSSR count). The molecule has 0 spiro atoms. The Kier molecular flexibility index (Phi) is 5.62. The van der Waals surface area contributed by atoms with Gasteiger partial charge >= 0.3 is 0 Å². The molecule has 0 bridgehead atoms. The summed E-state index contributed by atoms with van der Waals surface area (Å²) in [4.78, 5) is 10.2. The van der Waals surface area contributed by atoms with E-state index in [1.54, 1.807) is 12.2 Å². The summed E-state index contributed by atoms with van der Waals surface area (Å²) in [5.74, 6) is 0. The number of carbonyl (C=O) groups excluding carboxylic acids is 1. The zero-order valence-corrected chi connectivity index (χ0v) is 7.58. The van der Waals surface area contributed by atoms with Crippen LogP contribution >= 0.6 is 0 Å². The number of rotatable bonds is 4. The molecule has 0 aliphatic carbocycles. The van der Waals surface area contributed by atoms with Crippen molar-refractivity contribution in [2.24, 2.45) is 0 Å². The minimum absolute atomic E-state index is 0.792. The van der Waals surface area contributed by atoms with Gasteiger partial charge in [0.05, 0.1) is 0 Å². The number of aldehydes is 1. The molecule has 0 aliphatic rings. The van der Waals surface area contributed by atoms with Crippen LogP contribution in [0.4, 0.5) is 0 Å². The zero-order valence-electron chi connectivity index (χ0n) is 7.58. The molecular formula is C11H14O. The van der Waals surface area contributed by atoms with Gasteiger partial charge in [-0.05, 0) is 31.1 Å². The van der Waals surface area contributed by atoms with E-state index < -0.39 is 0 Å². The van der Waals surface area contributed by atoms with Gasteiger partial charge in [0.2, 0.25) is 0 Å². The van der Waals surface area contributed by atoms with Crippen molar-refractivity contribution >= 4 is 6.29 Å². The van der Waals surface area contributed by atoms with Crippen LogP contribution in [0.2, 0.25) is 0 Å². The Hall–Kier alpha value is -1.37. The van der Waals surface area contributed by atoms with Gasteiger partial charge in [0.25, 0.3) is 0 Å². The fourth-order valence-corrected chi connectivity index (χ4v) is 0.825. The molecule has 0 aromatic rings. The summed E-state index contributed by atoms with van der Waals surface area (Å²) in [5.41, 5.74) is 2.01. The van der Waals surface area contributed by atoms with Gasteiger partial charge in [-0.2, -0.15) is 0 Å². The minimum Gasteiger partial charge on any atom is -0.299 e. The fourth-order valence-electron chi connectivity index (χ4n) is 0.825. The van der Waals surface area contributed by atoms with Crippen LogP contribution in [-0.2, 0) is 4.79 Å². The van der Waals surface area contributed by atoms with Crippen molar-refractivity contribution in [3.05, 3.63) is 48.1 Å². The van der Waals surface area contributed by atoms with Gasteiger partial charge in [-0.25, -0.2) is 0 Å². The molecule has 1 heteroatoms. The van der Waals surface area contributed by atoms with Crippen LogP contribution in [-0.4, -0.2) is 6.29 Å². The lowest BCUT2D eigenvalue weighted by molar-refractivity contribution is -0.104. The molecule has 0 N–H and O–H groups in total. The van der Waals surface area contributed by atoms with Gasteiger partial charge in [-0.15, -0.1) is 0 Å². The SMILES string of the molecule is C=C/C=C\C(=CC)/C(C)=C\C=O. The molecular weight excluding hydrogens is 148 g/mol. The highest BCUT2D eigenvalue weighted by molar-refractivity contribution is 5.68. The first-order chi connectivity index (χ1) is 5.76. The first-order valence-electron chi connectivity index (χ1n) is 3.84. The summed E-state index contributed by atoms with van der Waals surface area (Å²) >= 11 is 0. The number of hydrogen-bond donors (Lipinski definition) is 0. The Bertz CT molecular complexity index is 242. The highest BCUT2D eigenvalue weighted by atomic mass is 16.1. The van der Waals surface area contributed by atoms with Crippen LogP contribution in [0.5, 0.6) is 0 Å². The highest BCUT2D eigenvalue weighted by Gasteiger charge is 1.91. The number of carbonyl (C=O) groups is 1. The average molecular weight is 162 g/mol. The van der Waals surface area contributed by atoms with E-state index in [9.17, 15) is 4.79 Å². The van der Waals surface area contributed by atoms with Gasteiger partial charge < -0.3 is 0 Å². The maximum Gasteiger partial charge on any atom is 0.143 e. The predicted octanol–water partition coefficient (Wildman–Crippen LogP) is 2.82. The normalized spacial score (nSPS) is 13.5. The molecule has 0 aromatic heterocycles. The van der Waals surface area contributed by atoms with Gasteiger partial charge in [0.1, 0.15) is 6.29 Å². The average Bonchev–Trinajstić information content (AvgIpc) is 2.06. The van der Waals surface area contributed by atoms with E-state index in [2.05, 4.69) is 6.58 Å². The smallest absolute Gasteiger partial charge is 0.143 e. The van der Waals surface area contributed by atoms with Gasteiger partial charge in [-0.1, -0.05) is 30.9 Å².